The lowest BCUT2D eigenvalue weighted by molar-refractivity contribution is -0.668. The van der Waals surface area contributed by atoms with Crippen LogP contribution >= 0.6 is 0 Å². The number of amides is 1. The highest BCUT2D eigenvalue weighted by Crippen LogP contribution is 2.36. The Morgan fingerprint density at radius 2 is 1.92 bits per heavy atom. The Morgan fingerprint density at radius 1 is 1.17 bits per heavy atom. The zero-order valence-electron chi connectivity index (χ0n) is 29.7. The number of ether oxygens (including phenoxy) is 2. The molecule has 0 radical (unpaired) electrons. The van der Waals surface area contributed by atoms with E-state index in [2.05, 4.69) is 57.5 Å². The molecule has 4 aliphatic rings. The molecule has 1 unspecified atom stereocenters. The summed E-state index contributed by atoms with van der Waals surface area (Å²) in [4.78, 5) is 26.5. The lowest BCUT2D eigenvalue weighted by atomic mass is 9.89. The van der Waals surface area contributed by atoms with Crippen molar-refractivity contribution in [1.29, 1.82) is 5.26 Å². The van der Waals surface area contributed by atoms with Gasteiger partial charge in [-0.3, -0.25) is 9.69 Å². The van der Waals surface area contributed by atoms with E-state index < -0.39 is 6.67 Å². The Balaban J connectivity index is 0.000000986. The van der Waals surface area contributed by atoms with Crippen LogP contribution in [0.15, 0.2) is 36.4 Å². The fraction of sp³-hybridized carbons (Fsp3) is 0.568. The molecule has 260 valence electrons. The zero-order chi connectivity index (χ0) is 34.6. The second-order valence-electron chi connectivity index (χ2n) is 12.3. The number of likely N-dealkylation sites (N-methyl/N-ethyl adjacent to an activating group) is 1. The number of morpholine rings is 1. The molecule has 48 heavy (non-hydrogen) atoms. The van der Waals surface area contributed by atoms with E-state index >= 15 is 0 Å². The molecule has 1 aromatic heterocycles. The highest BCUT2D eigenvalue weighted by Gasteiger charge is 2.36. The number of carbonyl (C=O) groups is 1. The number of alkyl halides is 1. The van der Waals surface area contributed by atoms with Crippen LogP contribution in [0.4, 0.5) is 10.2 Å². The number of piperazine rings is 1. The Bertz CT molecular complexity index is 1500. The number of carbonyl (C=O) groups excluding carboxylic acids is 1. The number of halogens is 1. The van der Waals surface area contributed by atoms with Crippen LogP contribution in [-0.2, 0) is 36.0 Å². The van der Waals surface area contributed by atoms with Crippen molar-refractivity contribution in [3.8, 4) is 12.1 Å². The molecule has 10 nitrogen and oxygen atoms in total. The molecule has 1 aromatic carbocycles. The first-order valence-electron chi connectivity index (χ1n) is 17.3. The van der Waals surface area contributed by atoms with Crippen molar-refractivity contribution >= 4 is 17.4 Å². The Labute approximate surface area is 286 Å². The number of benzene rings is 1. The first-order valence-corrected chi connectivity index (χ1v) is 17.3. The standard InChI is InChI=1S/C33H44FN6O3.C2H3N.C2H6/c1-24-7-4-8-25-9-5-10-29(31(24)25)40-14-12-27-28(22-40)35-33(43-23-26-21-36(2)19-20-42-26)37(3)32(27)39-17-15-38(16-18-39)30(41)11-6-13-34;1-2-3;1-2/h4,6-8,10-11,26H,5,9,12-23H2,1-3H3;1H3;1-2H3/q+1;;/b11-6+;;. The summed E-state index contributed by atoms with van der Waals surface area (Å²) < 4.78 is 27.1. The average molecular weight is 663 g/mol. The Morgan fingerprint density at radius 3 is 2.62 bits per heavy atom. The highest BCUT2D eigenvalue weighted by atomic mass is 19.1. The number of nitriles is 1. The molecule has 11 heteroatoms. The van der Waals surface area contributed by atoms with Crippen molar-refractivity contribution in [1.82, 2.24) is 19.7 Å². The second kappa shape index (κ2) is 17.9. The number of aryl methyl sites for hydroxylation is 2. The van der Waals surface area contributed by atoms with E-state index in [9.17, 15) is 9.18 Å². The smallest absolute Gasteiger partial charge is 0.434 e. The van der Waals surface area contributed by atoms with Crippen LogP contribution in [0, 0.1) is 18.3 Å². The van der Waals surface area contributed by atoms with E-state index in [1.165, 1.54) is 47.0 Å². The van der Waals surface area contributed by atoms with Gasteiger partial charge in [-0.25, -0.2) is 4.39 Å². The minimum Gasteiger partial charge on any atom is -0.438 e. The van der Waals surface area contributed by atoms with Crippen molar-refractivity contribution in [3.63, 3.8) is 0 Å². The lowest BCUT2D eigenvalue weighted by Gasteiger charge is -2.37. The van der Waals surface area contributed by atoms with Crippen LogP contribution in [-0.4, -0.2) is 104 Å². The summed E-state index contributed by atoms with van der Waals surface area (Å²) in [5.41, 5.74) is 7.72. The normalized spacial score (nSPS) is 19.2. The third kappa shape index (κ3) is 8.71. The third-order valence-corrected chi connectivity index (χ3v) is 9.11. The molecule has 0 bridgehead atoms. The molecule has 1 aliphatic carbocycles. The van der Waals surface area contributed by atoms with E-state index in [0.29, 0.717) is 51.9 Å². The number of fused-ring (bicyclic) bond motifs is 2. The summed E-state index contributed by atoms with van der Waals surface area (Å²) in [7, 11) is 4.14. The molecule has 1 atom stereocenters. The van der Waals surface area contributed by atoms with Gasteiger partial charge in [0, 0.05) is 43.9 Å². The van der Waals surface area contributed by atoms with Gasteiger partial charge >= 0.3 is 6.01 Å². The molecule has 4 heterocycles. The molecular formula is C37H53FN7O3+. The number of hydrogen-bond acceptors (Lipinski definition) is 8. The summed E-state index contributed by atoms with van der Waals surface area (Å²) in [6.45, 7) is 14.1. The molecule has 0 saturated carbocycles. The van der Waals surface area contributed by atoms with Gasteiger partial charge in [0.15, 0.2) is 0 Å². The monoisotopic (exact) mass is 662 g/mol. The first-order chi connectivity index (χ1) is 23.3. The maximum absolute atomic E-state index is 12.6. The summed E-state index contributed by atoms with van der Waals surface area (Å²) in [6, 6.07) is 8.98. The quantitative estimate of drug-likeness (QED) is 0.325. The van der Waals surface area contributed by atoms with Crippen LogP contribution in [0.1, 0.15) is 55.1 Å². The summed E-state index contributed by atoms with van der Waals surface area (Å²) in [5.74, 6) is 0.980. The largest absolute Gasteiger partial charge is 0.438 e. The van der Waals surface area contributed by atoms with E-state index in [0.717, 1.165) is 50.4 Å². The SMILES string of the molecule is CC.CC#N.Cc1cccc2c1C(N1CCc3c(nc(OCC4CN(C)CCO4)[n+](C)c3N3CCN(C(=O)/C=C/CF)CC3)C1)=CCC2. The number of aromatic nitrogens is 2. The zero-order valence-corrected chi connectivity index (χ0v) is 29.7. The van der Waals surface area contributed by atoms with Crippen LogP contribution in [0.25, 0.3) is 5.70 Å². The summed E-state index contributed by atoms with van der Waals surface area (Å²) in [6.07, 6.45) is 8.01. The van der Waals surface area contributed by atoms with Gasteiger partial charge < -0.3 is 24.2 Å². The number of nitrogens with zero attached hydrogens (tertiary/aromatic N) is 7. The maximum Gasteiger partial charge on any atom is 0.434 e. The maximum atomic E-state index is 12.6. The van der Waals surface area contributed by atoms with E-state index in [4.69, 9.17) is 19.7 Å². The van der Waals surface area contributed by atoms with Crippen LogP contribution in [0.3, 0.4) is 0 Å². The molecule has 6 rings (SSSR count). The van der Waals surface area contributed by atoms with E-state index in [1.54, 1.807) is 11.0 Å². The van der Waals surface area contributed by atoms with Gasteiger partial charge in [-0.2, -0.15) is 9.83 Å². The minimum absolute atomic E-state index is 0.00432. The van der Waals surface area contributed by atoms with Crippen molar-refractivity contribution in [2.75, 3.05) is 77.6 Å². The molecule has 1 amide bonds. The van der Waals surface area contributed by atoms with Gasteiger partial charge in [0.25, 0.3) is 0 Å². The fourth-order valence-electron chi connectivity index (χ4n) is 6.89. The average Bonchev–Trinajstić information content (AvgIpc) is 3.11. The molecule has 2 aromatic rings. The molecule has 2 fully saturated rings. The number of anilines is 1. The topological polar surface area (TPSA) is 89.0 Å². The molecule has 3 aliphatic heterocycles. The molecule has 0 spiro atoms. The van der Waals surface area contributed by atoms with Crippen LogP contribution < -0.4 is 14.2 Å². The highest BCUT2D eigenvalue weighted by molar-refractivity contribution is 5.87. The minimum atomic E-state index is -0.630. The lowest BCUT2D eigenvalue weighted by Crippen LogP contribution is -2.53. The van der Waals surface area contributed by atoms with Crippen LogP contribution in [0.2, 0.25) is 0 Å². The van der Waals surface area contributed by atoms with Gasteiger partial charge in [0.1, 0.15) is 25.1 Å². The predicted molar refractivity (Wildman–Crippen MR) is 186 cm³/mol. The summed E-state index contributed by atoms with van der Waals surface area (Å²) in [5, 5.41) is 7.32. The van der Waals surface area contributed by atoms with E-state index in [-0.39, 0.29) is 12.0 Å². The number of rotatable bonds is 7. The Kier molecular flexibility index (Phi) is 13.8. The van der Waals surface area contributed by atoms with Gasteiger partial charge in [-0.15, -0.1) is 0 Å². The van der Waals surface area contributed by atoms with Gasteiger partial charge in [-0.05, 0) is 50.4 Å². The second-order valence-corrected chi connectivity index (χ2v) is 12.3. The molecular weight excluding hydrogens is 609 g/mol. The summed E-state index contributed by atoms with van der Waals surface area (Å²) >= 11 is 0. The van der Waals surface area contributed by atoms with Gasteiger partial charge in [0.05, 0.1) is 58.0 Å². The Hall–Kier alpha value is -4.01. The third-order valence-electron chi connectivity index (χ3n) is 9.11. The van der Waals surface area contributed by atoms with Gasteiger partial charge in [-0.1, -0.05) is 43.1 Å². The van der Waals surface area contributed by atoms with Crippen molar-refractivity contribution < 1.29 is 23.2 Å². The number of hydrogen-bond donors (Lipinski definition) is 0. The fourth-order valence-corrected chi connectivity index (χ4v) is 6.89. The predicted octanol–water partition coefficient (Wildman–Crippen LogP) is 4.00. The molecule has 2 saturated heterocycles. The molecule has 0 N–H and O–H groups in total. The number of allylic oxidation sites excluding steroid dienone is 2. The van der Waals surface area contributed by atoms with Gasteiger partial charge in [0.2, 0.25) is 11.7 Å². The van der Waals surface area contributed by atoms with Crippen molar-refractivity contribution in [2.24, 2.45) is 7.05 Å². The van der Waals surface area contributed by atoms with E-state index in [1.807, 2.05) is 20.9 Å². The van der Waals surface area contributed by atoms with Crippen molar-refractivity contribution in [3.05, 3.63) is 64.4 Å². The van der Waals surface area contributed by atoms with Crippen molar-refractivity contribution in [2.45, 2.75) is 59.6 Å². The van der Waals surface area contributed by atoms with Crippen LogP contribution in [0.5, 0.6) is 6.01 Å². The first kappa shape index (κ1) is 36.8.